The van der Waals surface area contributed by atoms with E-state index in [1.54, 1.807) is 0 Å². The molecule has 0 bridgehead atoms. The van der Waals surface area contributed by atoms with Crippen LogP contribution in [0.25, 0.3) is 16.6 Å². The van der Waals surface area contributed by atoms with Gasteiger partial charge in [0.2, 0.25) is 0 Å². The van der Waals surface area contributed by atoms with E-state index in [9.17, 15) is 4.79 Å². The highest BCUT2D eigenvalue weighted by Crippen LogP contribution is 2.31. The number of nitrogens with zero attached hydrogens (tertiary/aromatic N) is 2. The fraction of sp³-hybridized carbons (Fsp3) is 0.250. The average Bonchev–Trinajstić information content (AvgIpc) is 2.81. The van der Waals surface area contributed by atoms with Crippen molar-refractivity contribution >= 4 is 34.2 Å². The van der Waals surface area contributed by atoms with E-state index in [0.29, 0.717) is 13.1 Å². The number of aryl methyl sites for hydroxylation is 2. The van der Waals surface area contributed by atoms with Crippen LogP contribution in [-0.4, -0.2) is 28.7 Å². The molecule has 5 heteroatoms. The number of carboxylic acid groups (broad SMARTS) is 1. The van der Waals surface area contributed by atoms with Gasteiger partial charge >= 0.3 is 5.97 Å². The number of aromatic nitrogens is 1. The third kappa shape index (κ3) is 2.76. The molecule has 0 amide bonds. The van der Waals surface area contributed by atoms with Crippen molar-refractivity contribution < 1.29 is 9.90 Å². The van der Waals surface area contributed by atoms with Crippen molar-refractivity contribution in [1.29, 1.82) is 0 Å². The topological polar surface area (TPSA) is 45.5 Å². The van der Waals surface area contributed by atoms with E-state index < -0.39 is 5.97 Å². The third-order valence-electron chi connectivity index (χ3n) is 4.89. The zero-order chi connectivity index (χ0) is 17.7. The molecular weight excluding hydrogens is 336 g/mol. The molecule has 1 saturated heterocycles. The summed E-state index contributed by atoms with van der Waals surface area (Å²) in [5, 5.41) is 11.0. The van der Waals surface area contributed by atoms with Crippen LogP contribution in [0.4, 0.5) is 5.69 Å². The highest BCUT2D eigenvalue weighted by Gasteiger charge is 2.32. The number of rotatable bonds is 3. The number of hydrogen-bond acceptors (Lipinski definition) is 2. The summed E-state index contributed by atoms with van der Waals surface area (Å²) in [5.41, 5.74) is 5.59. The molecule has 128 valence electrons. The van der Waals surface area contributed by atoms with Crippen molar-refractivity contribution in [3.05, 3.63) is 58.7 Å². The Kier molecular flexibility index (Phi) is 3.73. The van der Waals surface area contributed by atoms with Crippen molar-refractivity contribution in [3.63, 3.8) is 0 Å². The molecule has 0 unspecified atom stereocenters. The molecule has 0 atom stereocenters. The predicted molar refractivity (Wildman–Crippen MR) is 101 cm³/mol. The molecule has 1 N–H and O–H groups in total. The number of carbonyl (C=O) groups is 1. The number of fused-ring (bicyclic) bond motifs is 1. The number of anilines is 1. The van der Waals surface area contributed by atoms with E-state index in [1.807, 2.05) is 18.2 Å². The lowest BCUT2D eigenvalue weighted by Gasteiger charge is -2.39. The minimum atomic E-state index is -0.715. The predicted octanol–water partition coefficient (Wildman–Crippen LogP) is 4.42. The Labute approximate surface area is 151 Å². The van der Waals surface area contributed by atoms with Crippen molar-refractivity contribution in [3.8, 4) is 5.69 Å². The number of carboxylic acids is 1. The Hall–Kier alpha value is -2.46. The lowest BCUT2D eigenvalue weighted by atomic mass is 9.99. The van der Waals surface area contributed by atoms with E-state index in [1.165, 1.54) is 5.56 Å². The molecule has 3 aromatic rings. The van der Waals surface area contributed by atoms with E-state index in [2.05, 4.69) is 47.7 Å². The second-order valence-corrected chi connectivity index (χ2v) is 7.25. The number of halogens is 1. The summed E-state index contributed by atoms with van der Waals surface area (Å²) >= 11 is 6.14. The van der Waals surface area contributed by atoms with Crippen molar-refractivity contribution in [2.24, 2.45) is 5.92 Å². The molecule has 0 aliphatic carbocycles. The van der Waals surface area contributed by atoms with Gasteiger partial charge < -0.3 is 14.6 Å². The first-order valence-corrected chi connectivity index (χ1v) is 8.67. The Bertz CT molecular complexity index is 987. The van der Waals surface area contributed by atoms with E-state index in [4.69, 9.17) is 16.7 Å². The first-order valence-electron chi connectivity index (χ1n) is 8.29. The first kappa shape index (κ1) is 16.0. The molecular formula is C20H19ClN2O2. The van der Waals surface area contributed by atoms with E-state index in [-0.39, 0.29) is 5.92 Å². The van der Waals surface area contributed by atoms with Crippen LogP contribution in [0.3, 0.4) is 0 Å². The van der Waals surface area contributed by atoms with Gasteiger partial charge in [-0.1, -0.05) is 11.6 Å². The first-order chi connectivity index (χ1) is 11.9. The molecule has 4 rings (SSSR count). The smallest absolute Gasteiger partial charge is 0.310 e. The standard InChI is InChI=1S/C20H19ClN2O2/c1-12-5-16(22-10-14(11-22)20(24)25)8-17(6-12)23-9-13(2)18-7-15(21)3-4-19(18)23/h3-9,14H,10-11H2,1-2H3,(H,24,25). The fourth-order valence-corrected chi connectivity index (χ4v) is 3.66. The molecule has 1 aliphatic heterocycles. The van der Waals surface area contributed by atoms with Crippen LogP contribution in [0.1, 0.15) is 11.1 Å². The molecule has 2 heterocycles. The molecule has 1 fully saturated rings. The van der Waals surface area contributed by atoms with Crippen molar-refractivity contribution in [1.82, 2.24) is 4.57 Å². The Balaban J connectivity index is 1.76. The summed E-state index contributed by atoms with van der Waals surface area (Å²) in [6, 6.07) is 12.3. The lowest BCUT2D eigenvalue weighted by molar-refractivity contribution is -0.142. The third-order valence-corrected chi connectivity index (χ3v) is 5.12. The fourth-order valence-electron chi connectivity index (χ4n) is 3.49. The molecule has 25 heavy (non-hydrogen) atoms. The molecule has 0 spiro atoms. The zero-order valence-corrected chi connectivity index (χ0v) is 14.9. The second-order valence-electron chi connectivity index (χ2n) is 6.81. The van der Waals surface area contributed by atoms with Crippen molar-refractivity contribution in [2.75, 3.05) is 18.0 Å². The van der Waals surface area contributed by atoms with Gasteiger partial charge in [-0.3, -0.25) is 4.79 Å². The summed E-state index contributed by atoms with van der Waals surface area (Å²) in [4.78, 5) is 13.2. The maximum atomic E-state index is 11.0. The monoisotopic (exact) mass is 354 g/mol. The van der Waals surface area contributed by atoms with E-state index in [0.717, 1.165) is 32.9 Å². The van der Waals surface area contributed by atoms with Gasteiger partial charge in [-0.25, -0.2) is 0 Å². The van der Waals surface area contributed by atoms with Gasteiger partial charge in [0.1, 0.15) is 0 Å². The van der Waals surface area contributed by atoms with Gasteiger partial charge in [-0.05, 0) is 61.4 Å². The molecule has 1 aromatic heterocycles. The molecule has 0 radical (unpaired) electrons. The van der Waals surface area contributed by atoms with Crippen molar-refractivity contribution in [2.45, 2.75) is 13.8 Å². The zero-order valence-electron chi connectivity index (χ0n) is 14.2. The maximum absolute atomic E-state index is 11.0. The molecule has 0 saturated carbocycles. The van der Waals surface area contributed by atoms with Crippen LogP contribution in [-0.2, 0) is 4.79 Å². The normalized spacial score (nSPS) is 14.8. The van der Waals surface area contributed by atoms with Gasteiger partial charge in [0.05, 0.1) is 11.4 Å². The highest BCUT2D eigenvalue weighted by atomic mass is 35.5. The average molecular weight is 355 g/mol. The minimum absolute atomic E-state index is 0.263. The van der Waals surface area contributed by atoms with Crippen LogP contribution in [0, 0.1) is 19.8 Å². The number of benzene rings is 2. The molecule has 2 aromatic carbocycles. The SMILES string of the molecule is Cc1cc(N2CC(C(=O)O)C2)cc(-n2cc(C)c3cc(Cl)ccc32)c1. The van der Waals surface area contributed by atoms with Gasteiger partial charge in [-0.2, -0.15) is 0 Å². The van der Waals surface area contributed by atoms with Crippen LogP contribution in [0.5, 0.6) is 0 Å². The van der Waals surface area contributed by atoms with Crippen LogP contribution in [0.2, 0.25) is 5.02 Å². The lowest BCUT2D eigenvalue weighted by Crippen LogP contribution is -2.50. The summed E-state index contributed by atoms with van der Waals surface area (Å²) in [7, 11) is 0. The molecule has 4 nitrogen and oxygen atoms in total. The quantitative estimate of drug-likeness (QED) is 0.757. The summed E-state index contributed by atoms with van der Waals surface area (Å²) < 4.78 is 2.17. The van der Waals surface area contributed by atoms with Gasteiger partial charge in [0, 0.05) is 41.1 Å². The van der Waals surface area contributed by atoms with Gasteiger partial charge in [-0.15, -0.1) is 0 Å². The number of hydrogen-bond donors (Lipinski definition) is 1. The Morgan fingerprint density at radius 3 is 2.56 bits per heavy atom. The van der Waals surface area contributed by atoms with Crippen LogP contribution in [0.15, 0.2) is 42.6 Å². The Morgan fingerprint density at radius 1 is 1.12 bits per heavy atom. The minimum Gasteiger partial charge on any atom is -0.481 e. The highest BCUT2D eigenvalue weighted by molar-refractivity contribution is 6.31. The summed E-state index contributed by atoms with van der Waals surface area (Å²) in [6.45, 7) is 5.29. The Morgan fingerprint density at radius 2 is 1.84 bits per heavy atom. The van der Waals surface area contributed by atoms with Crippen LogP contribution >= 0.6 is 11.6 Å². The maximum Gasteiger partial charge on any atom is 0.310 e. The van der Waals surface area contributed by atoms with Gasteiger partial charge in [0.25, 0.3) is 0 Å². The second kappa shape index (κ2) is 5.81. The number of aliphatic carboxylic acids is 1. The molecule has 1 aliphatic rings. The van der Waals surface area contributed by atoms with Gasteiger partial charge in [0.15, 0.2) is 0 Å². The summed E-state index contributed by atoms with van der Waals surface area (Å²) in [5.74, 6) is -0.978. The summed E-state index contributed by atoms with van der Waals surface area (Å²) in [6.07, 6.45) is 2.12. The van der Waals surface area contributed by atoms with E-state index >= 15 is 0 Å². The van der Waals surface area contributed by atoms with Crippen LogP contribution < -0.4 is 4.90 Å². The largest absolute Gasteiger partial charge is 0.481 e.